The molecule has 4 heteroatoms. The Balaban J connectivity index is 1.42. The maximum Gasteiger partial charge on any atom is 0.220 e. The third kappa shape index (κ3) is 5.29. The lowest BCUT2D eigenvalue weighted by molar-refractivity contribution is -0.122. The van der Waals surface area contributed by atoms with Crippen LogP contribution in [0.1, 0.15) is 64.5 Å². The molecule has 3 rings (SSSR count). The maximum atomic E-state index is 12.4. The van der Waals surface area contributed by atoms with Crippen LogP contribution in [0.5, 0.6) is 0 Å². The summed E-state index contributed by atoms with van der Waals surface area (Å²) in [5.74, 6) is 0.756. The van der Waals surface area contributed by atoms with Crippen LogP contribution in [0, 0.1) is 5.92 Å². The van der Waals surface area contributed by atoms with E-state index >= 15 is 0 Å². The first-order valence-corrected chi connectivity index (χ1v) is 9.77. The fraction of sp³-hybridized carbons (Fsp3) is 0.667. The van der Waals surface area contributed by atoms with E-state index in [1.807, 2.05) is 6.07 Å². The lowest BCUT2D eigenvalue weighted by Crippen LogP contribution is -2.50. The van der Waals surface area contributed by atoms with Crippen molar-refractivity contribution in [2.24, 2.45) is 5.92 Å². The summed E-state index contributed by atoms with van der Waals surface area (Å²) in [5, 5.41) is 10.4. The molecule has 3 N–H and O–H groups in total. The number of nitrogens with one attached hydrogen (secondary N) is 3. The summed E-state index contributed by atoms with van der Waals surface area (Å²) in [6, 6.07) is 12.0. The number of amides is 1. The molecule has 0 radical (unpaired) electrons. The van der Waals surface area contributed by atoms with E-state index in [0.717, 1.165) is 12.8 Å². The van der Waals surface area contributed by atoms with Crippen LogP contribution in [0.25, 0.3) is 0 Å². The molecule has 1 aromatic carbocycles. The van der Waals surface area contributed by atoms with Crippen LogP contribution in [0.2, 0.25) is 0 Å². The Morgan fingerprint density at radius 1 is 1.20 bits per heavy atom. The van der Waals surface area contributed by atoms with Crippen LogP contribution in [0.15, 0.2) is 30.3 Å². The minimum atomic E-state index is -0.141. The molecule has 0 aliphatic carbocycles. The van der Waals surface area contributed by atoms with Gasteiger partial charge in [0.05, 0.1) is 0 Å². The van der Waals surface area contributed by atoms with Crippen LogP contribution < -0.4 is 16.0 Å². The molecule has 3 atom stereocenters. The highest BCUT2D eigenvalue weighted by Crippen LogP contribution is 2.32. The zero-order valence-corrected chi connectivity index (χ0v) is 15.8. The molecular weight excluding hydrogens is 310 g/mol. The van der Waals surface area contributed by atoms with E-state index in [1.54, 1.807) is 0 Å². The minimum absolute atomic E-state index is 0.141. The van der Waals surface area contributed by atoms with E-state index in [-0.39, 0.29) is 17.5 Å². The number of benzene rings is 1. The Hall–Kier alpha value is -1.39. The Morgan fingerprint density at radius 2 is 1.84 bits per heavy atom. The van der Waals surface area contributed by atoms with Crippen molar-refractivity contribution in [1.82, 2.24) is 16.0 Å². The Labute approximate surface area is 152 Å². The number of rotatable bonds is 7. The van der Waals surface area contributed by atoms with Gasteiger partial charge in [0.1, 0.15) is 0 Å². The van der Waals surface area contributed by atoms with E-state index in [0.29, 0.717) is 31.0 Å². The molecule has 2 bridgehead atoms. The molecule has 2 saturated heterocycles. The molecule has 2 heterocycles. The van der Waals surface area contributed by atoms with Gasteiger partial charge in [-0.05, 0) is 57.9 Å². The monoisotopic (exact) mass is 343 g/mol. The van der Waals surface area contributed by atoms with Crippen molar-refractivity contribution in [2.45, 2.75) is 76.5 Å². The molecule has 1 aromatic rings. The molecule has 3 unspecified atom stereocenters. The average molecular weight is 344 g/mol. The van der Waals surface area contributed by atoms with Gasteiger partial charge in [-0.3, -0.25) is 4.79 Å². The number of hydrogen-bond donors (Lipinski definition) is 3. The summed E-state index contributed by atoms with van der Waals surface area (Å²) in [6.45, 7) is 7.12. The Kier molecular flexibility index (Phi) is 5.80. The van der Waals surface area contributed by atoms with Crippen LogP contribution >= 0.6 is 0 Å². The van der Waals surface area contributed by atoms with E-state index in [1.165, 1.54) is 18.4 Å². The normalized spacial score (nSPS) is 27.1. The number of fused-ring (bicyclic) bond motifs is 2. The summed E-state index contributed by atoms with van der Waals surface area (Å²) < 4.78 is 0. The summed E-state index contributed by atoms with van der Waals surface area (Å²) in [6.07, 6.45) is 5.58. The SMILES string of the molecule is CC(NC(C)(C)CNC(=O)CC1CC2CCC(C1)N2)c1ccccc1. The molecule has 25 heavy (non-hydrogen) atoms. The minimum Gasteiger partial charge on any atom is -0.354 e. The lowest BCUT2D eigenvalue weighted by atomic mass is 9.89. The van der Waals surface area contributed by atoms with Crippen molar-refractivity contribution in [2.75, 3.05) is 6.54 Å². The van der Waals surface area contributed by atoms with Crippen molar-refractivity contribution in [3.63, 3.8) is 0 Å². The Morgan fingerprint density at radius 3 is 2.48 bits per heavy atom. The second-order valence-electron chi connectivity index (χ2n) is 8.62. The zero-order valence-electron chi connectivity index (χ0n) is 15.8. The van der Waals surface area contributed by atoms with Crippen LogP contribution in [0.4, 0.5) is 0 Å². The standard InChI is InChI=1S/C21H33N3O/c1-15(17-7-5-4-6-8-17)24-21(2,3)14-22-20(25)13-16-11-18-9-10-19(12-16)23-18/h4-8,15-16,18-19,23-24H,9-14H2,1-3H3,(H,22,25). The first kappa shape index (κ1) is 18.4. The van der Waals surface area contributed by atoms with Gasteiger partial charge in [-0.2, -0.15) is 0 Å². The van der Waals surface area contributed by atoms with Crippen molar-refractivity contribution < 1.29 is 4.79 Å². The largest absolute Gasteiger partial charge is 0.354 e. The van der Waals surface area contributed by atoms with Crippen molar-refractivity contribution in [3.05, 3.63) is 35.9 Å². The summed E-state index contributed by atoms with van der Waals surface area (Å²) >= 11 is 0. The molecule has 0 saturated carbocycles. The van der Waals surface area contributed by atoms with Crippen LogP contribution in [-0.2, 0) is 4.79 Å². The topological polar surface area (TPSA) is 53.2 Å². The molecule has 0 spiro atoms. The van der Waals surface area contributed by atoms with E-state index < -0.39 is 0 Å². The van der Waals surface area contributed by atoms with E-state index in [4.69, 9.17) is 0 Å². The highest BCUT2D eigenvalue weighted by Gasteiger charge is 2.34. The van der Waals surface area contributed by atoms with Gasteiger partial charge in [0.2, 0.25) is 5.91 Å². The van der Waals surface area contributed by atoms with Gasteiger partial charge in [-0.15, -0.1) is 0 Å². The van der Waals surface area contributed by atoms with Crippen molar-refractivity contribution in [3.8, 4) is 0 Å². The Bertz CT molecular complexity index is 560. The number of carbonyl (C=O) groups is 1. The smallest absolute Gasteiger partial charge is 0.220 e. The van der Waals surface area contributed by atoms with Crippen LogP contribution in [-0.4, -0.2) is 30.1 Å². The third-order valence-corrected chi connectivity index (χ3v) is 5.68. The summed E-state index contributed by atoms with van der Waals surface area (Å²) in [5.41, 5.74) is 1.13. The zero-order chi connectivity index (χ0) is 17.9. The maximum absolute atomic E-state index is 12.4. The van der Waals surface area contributed by atoms with Gasteiger partial charge in [0, 0.05) is 36.6 Å². The van der Waals surface area contributed by atoms with Gasteiger partial charge in [-0.1, -0.05) is 30.3 Å². The fourth-order valence-electron chi connectivity index (χ4n) is 4.46. The molecule has 1 amide bonds. The molecule has 2 aliphatic heterocycles. The molecule has 2 fully saturated rings. The number of hydrogen-bond acceptors (Lipinski definition) is 3. The van der Waals surface area contributed by atoms with Crippen molar-refractivity contribution in [1.29, 1.82) is 0 Å². The first-order chi connectivity index (χ1) is 11.9. The van der Waals surface area contributed by atoms with Crippen molar-refractivity contribution >= 4 is 5.91 Å². The molecule has 0 aromatic heterocycles. The second-order valence-corrected chi connectivity index (χ2v) is 8.62. The summed E-state index contributed by atoms with van der Waals surface area (Å²) in [7, 11) is 0. The predicted molar refractivity (Wildman–Crippen MR) is 102 cm³/mol. The van der Waals surface area contributed by atoms with Gasteiger partial charge in [0.25, 0.3) is 0 Å². The molecule has 4 nitrogen and oxygen atoms in total. The highest BCUT2D eigenvalue weighted by atomic mass is 16.1. The quantitative estimate of drug-likeness (QED) is 0.713. The third-order valence-electron chi connectivity index (χ3n) is 5.68. The number of piperidine rings is 1. The lowest BCUT2D eigenvalue weighted by Gasteiger charge is -2.32. The van der Waals surface area contributed by atoms with Gasteiger partial charge >= 0.3 is 0 Å². The van der Waals surface area contributed by atoms with Gasteiger partial charge in [0.15, 0.2) is 0 Å². The van der Waals surface area contributed by atoms with Gasteiger partial charge < -0.3 is 16.0 Å². The van der Waals surface area contributed by atoms with Crippen LogP contribution in [0.3, 0.4) is 0 Å². The average Bonchev–Trinajstić information content (AvgIpc) is 2.92. The predicted octanol–water partition coefficient (Wildman–Crippen LogP) is 3.15. The summed E-state index contributed by atoms with van der Waals surface area (Å²) in [4.78, 5) is 12.4. The number of carbonyl (C=O) groups excluding carboxylic acids is 1. The first-order valence-electron chi connectivity index (χ1n) is 9.77. The fourth-order valence-corrected chi connectivity index (χ4v) is 4.46. The van der Waals surface area contributed by atoms with E-state index in [9.17, 15) is 4.79 Å². The molecular formula is C21H33N3O. The highest BCUT2D eigenvalue weighted by molar-refractivity contribution is 5.76. The van der Waals surface area contributed by atoms with Gasteiger partial charge in [-0.25, -0.2) is 0 Å². The second kappa shape index (κ2) is 7.88. The van der Waals surface area contributed by atoms with E-state index in [2.05, 4.69) is 61.0 Å². The molecule has 2 aliphatic rings. The molecule has 138 valence electrons.